The molecular weight excluding hydrogens is 292 g/mol. The van der Waals surface area contributed by atoms with Gasteiger partial charge in [0.25, 0.3) is 0 Å². The van der Waals surface area contributed by atoms with Crippen LogP contribution in [0.3, 0.4) is 0 Å². The molecule has 4 atom stereocenters. The van der Waals surface area contributed by atoms with Gasteiger partial charge in [0.05, 0.1) is 12.2 Å². The first-order chi connectivity index (χ1) is 8.77. The fourth-order valence-corrected chi connectivity index (χ4v) is 4.90. The minimum absolute atomic E-state index is 0.0943. The molecule has 3 rings (SSSR count). The van der Waals surface area contributed by atoms with Gasteiger partial charge >= 0.3 is 0 Å². The second kappa shape index (κ2) is 5.80. The van der Waals surface area contributed by atoms with Gasteiger partial charge < -0.3 is 9.47 Å². The summed E-state index contributed by atoms with van der Waals surface area (Å²) in [4.78, 5) is 0.753. The van der Waals surface area contributed by atoms with Crippen molar-refractivity contribution >= 4 is 15.9 Å². The summed E-state index contributed by atoms with van der Waals surface area (Å²) in [5.74, 6) is 1.79. The summed E-state index contributed by atoms with van der Waals surface area (Å²) in [6, 6.07) is 0. The van der Waals surface area contributed by atoms with Crippen LogP contribution in [0.2, 0.25) is 0 Å². The molecule has 0 aromatic carbocycles. The Morgan fingerprint density at radius 3 is 2.72 bits per heavy atom. The highest BCUT2D eigenvalue weighted by atomic mass is 79.9. The number of rotatable bonds is 1. The first kappa shape index (κ1) is 13.4. The second-order valence-electron chi connectivity index (χ2n) is 6.46. The van der Waals surface area contributed by atoms with Crippen molar-refractivity contribution in [3.8, 4) is 0 Å². The van der Waals surface area contributed by atoms with E-state index in [9.17, 15) is 0 Å². The zero-order valence-corrected chi connectivity index (χ0v) is 12.8. The maximum atomic E-state index is 6.07. The Hall–Kier alpha value is 0.400. The van der Waals surface area contributed by atoms with Crippen molar-refractivity contribution in [1.82, 2.24) is 0 Å². The van der Waals surface area contributed by atoms with Crippen LogP contribution in [0.15, 0.2) is 0 Å². The summed E-state index contributed by atoms with van der Waals surface area (Å²) in [6.45, 7) is 2.70. The van der Waals surface area contributed by atoms with Gasteiger partial charge in [-0.2, -0.15) is 0 Å². The highest BCUT2D eigenvalue weighted by Crippen LogP contribution is 2.43. The van der Waals surface area contributed by atoms with Crippen molar-refractivity contribution in [2.75, 3.05) is 19.8 Å². The lowest BCUT2D eigenvalue weighted by Crippen LogP contribution is -2.42. The molecule has 1 saturated carbocycles. The molecule has 1 aliphatic carbocycles. The SMILES string of the molecule is BrC1CCCCC(C2CCOC3(CCOC3)C2)C1. The minimum Gasteiger partial charge on any atom is -0.378 e. The number of ether oxygens (including phenoxy) is 2. The molecule has 4 unspecified atom stereocenters. The highest BCUT2D eigenvalue weighted by molar-refractivity contribution is 9.09. The second-order valence-corrected chi connectivity index (χ2v) is 7.76. The highest BCUT2D eigenvalue weighted by Gasteiger charge is 2.43. The maximum Gasteiger partial charge on any atom is 0.0939 e. The number of hydrogen-bond donors (Lipinski definition) is 0. The van der Waals surface area contributed by atoms with Crippen molar-refractivity contribution in [3.63, 3.8) is 0 Å². The van der Waals surface area contributed by atoms with Crippen LogP contribution in [0.5, 0.6) is 0 Å². The fourth-order valence-electron chi connectivity index (χ4n) is 4.10. The molecule has 0 bridgehead atoms. The van der Waals surface area contributed by atoms with Gasteiger partial charge in [0.2, 0.25) is 0 Å². The smallest absolute Gasteiger partial charge is 0.0939 e. The van der Waals surface area contributed by atoms with E-state index in [4.69, 9.17) is 9.47 Å². The molecule has 104 valence electrons. The minimum atomic E-state index is 0.0943. The van der Waals surface area contributed by atoms with Crippen molar-refractivity contribution in [2.24, 2.45) is 11.8 Å². The first-order valence-electron chi connectivity index (χ1n) is 7.63. The zero-order valence-electron chi connectivity index (χ0n) is 11.2. The van der Waals surface area contributed by atoms with E-state index in [1.807, 2.05) is 0 Å². The Balaban J connectivity index is 1.63. The normalized spacial score (nSPS) is 46.2. The number of alkyl halides is 1. The fraction of sp³-hybridized carbons (Fsp3) is 1.00. The van der Waals surface area contributed by atoms with E-state index in [-0.39, 0.29) is 5.60 Å². The van der Waals surface area contributed by atoms with Crippen LogP contribution in [-0.4, -0.2) is 30.2 Å². The molecule has 2 nitrogen and oxygen atoms in total. The van der Waals surface area contributed by atoms with E-state index in [1.165, 1.54) is 44.9 Å². The van der Waals surface area contributed by atoms with Gasteiger partial charge in [-0.25, -0.2) is 0 Å². The third kappa shape index (κ3) is 2.94. The van der Waals surface area contributed by atoms with Crippen molar-refractivity contribution in [2.45, 2.75) is 61.8 Å². The van der Waals surface area contributed by atoms with E-state index < -0.39 is 0 Å². The average molecular weight is 317 g/mol. The number of hydrogen-bond acceptors (Lipinski definition) is 2. The van der Waals surface area contributed by atoms with Crippen LogP contribution in [0.4, 0.5) is 0 Å². The topological polar surface area (TPSA) is 18.5 Å². The molecule has 2 heterocycles. The molecule has 0 radical (unpaired) electrons. The van der Waals surface area contributed by atoms with Crippen LogP contribution in [0.1, 0.15) is 51.4 Å². The summed E-state index contributed by atoms with van der Waals surface area (Å²) >= 11 is 3.86. The predicted molar refractivity (Wildman–Crippen MR) is 76.1 cm³/mol. The number of halogens is 1. The molecule has 3 heteroatoms. The Labute approximate surface area is 119 Å². The molecule has 2 saturated heterocycles. The predicted octanol–water partition coefficient (Wildman–Crippen LogP) is 3.92. The monoisotopic (exact) mass is 316 g/mol. The van der Waals surface area contributed by atoms with Crippen LogP contribution < -0.4 is 0 Å². The molecule has 2 aliphatic heterocycles. The first-order valence-corrected chi connectivity index (χ1v) is 8.55. The van der Waals surface area contributed by atoms with Crippen molar-refractivity contribution < 1.29 is 9.47 Å². The molecule has 3 fully saturated rings. The standard InChI is InChI=1S/C15H25BrO2/c16-14-4-2-1-3-12(9-14)13-5-7-18-15(10-13)6-8-17-11-15/h12-14H,1-11H2. The van der Waals surface area contributed by atoms with Crippen LogP contribution in [0, 0.1) is 11.8 Å². The summed E-state index contributed by atoms with van der Waals surface area (Å²) in [5, 5.41) is 0. The third-order valence-electron chi connectivity index (χ3n) is 5.17. The van der Waals surface area contributed by atoms with Gasteiger partial charge in [0, 0.05) is 24.5 Å². The van der Waals surface area contributed by atoms with Gasteiger partial charge in [0.15, 0.2) is 0 Å². The Kier molecular flexibility index (Phi) is 4.32. The lowest BCUT2D eigenvalue weighted by molar-refractivity contribution is -0.107. The van der Waals surface area contributed by atoms with Crippen LogP contribution >= 0.6 is 15.9 Å². The molecule has 0 N–H and O–H groups in total. The summed E-state index contributed by atoms with van der Waals surface area (Å²) in [6.07, 6.45) is 10.6. The quantitative estimate of drug-likeness (QED) is 0.539. The van der Waals surface area contributed by atoms with Gasteiger partial charge in [-0.15, -0.1) is 0 Å². The molecule has 3 aliphatic rings. The molecular formula is C15H25BrO2. The lowest BCUT2D eigenvalue weighted by atomic mass is 9.75. The van der Waals surface area contributed by atoms with Crippen molar-refractivity contribution in [3.05, 3.63) is 0 Å². The van der Waals surface area contributed by atoms with E-state index in [1.54, 1.807) is 0 Å². The molecule has 0 aromatic rings. The zero-order chi connectivity index (χ0) is 12.4. The third-order valence-corrected chi connectivity index (χ3v) is 6.00. The van der Waals surface area contributed by atoms with Crippen molar-refractivity contribution in [1.29, 1.82) is 0 Å². The van der Waals surface area contributed by atoms with E-state index in [0.29, 0.717) is 0 Å². The summed E-state index contributed by atoms with van der Waals surface area (Å²) < 4.78 is 11.7. The summed E-state index contributed by atoms with van der Waals surface area (Å²) in [5.41, 5.74) is 0.0943. The van der Waals surface area contributed by atoms with Crippen LogP contribution in [-0.2, 0) is 9.47 Å². The lowest BCUT2D eigenvalue weighted by Gasteiger charge is -2.40. The van der Waals surface area contributed by atoms with E-state index in [2.05, 4.69) is 15.9 Å². The van der Waals surface area contributed by atoms with E-state index in [0.717, 1.165) is 42.9 Å². The molecule has 0 aromatic heterocycles. The Morgan fingerprint density at radius 2 is 1.89 bits per heavy atom. The van der Waals surface area contributed by atoms with Crippen LogP contribution in [0.25, 0.3) is 0 Å². The molecule has 1 spiro atoms. The van der Waals surface area contributed by atoms with E-state index >= 15 is 0 Å². The van der Waals surface area contributed by atoms with Gasteiger partial charge in [-0.1, -0.05) is 35.2 Å². The van der Waals surface area contributed by atoms with Gasteiger partial charge in [-0.05, 0) is 37.5 Å². The average Bonchev–Trinajstić information content (AvgIpc) is 2.69. The Morgan fingerprint density at radius 1 is 1.00 bits per heavy atom. The largest absolute Gasteiger partial charge is 0.378 e. The van der Waals surface area contributed by atoms with Gasteiger partial charge in [-0.3, -0.25) is 0 Å². The van der Waals surface area contributed by atoms with Gasteiger partial charge in [0.1, 0.15) is 0 Å². The summed E-state index contributed by atoms with van der Waals surface area (Å²) in [7, 11) is 0. The Bertz CT molecular complexity index is 276. The maximum absolute atomic E-state index is 6.07. The molecule has 18 heavy (non-hydrogen) atoms. The molecule has 0 amide bonds.